The minimum atomic E-state index is 0.667. The average molecular weight is 197 g/mol. The third-order valence-corrected chi connectivity index (χ3v) is 3.91. The van der Waals surface area contributed by atoms with E-state index in [0.717, 1.165) is 5.92 Å². The summed E-state index contributed by atoms with van der Waals surface area (Å²) in [6, 6.07) is 0.714. The van der Waals surface area contributed by atoms with Gasteiger partial charge in [0.25, 0.3) is 0 Å². The normalized spacial score (nSPS) is 21.2. The van der Waals surface area contributed by atoms with Crippen LogP contribution in [0.15, 0.2) is 0 Å². The fourth-order valence-electron chi connectivity index (χ4n) is 2.11. The molecule has 1 fully saturated rings. The highest BCUT2D eigenvalue weighted by Gasteiger charge is 2.44. The molecule has 0 aromatic heterocycles. The van der Waals surface area contributed by atoms with Crippen LogP contribution in [0.1, 0.15) is 59.8 Å². The van der Waals surface area contributed by atoms with Crippen LogP contribution in [-0.4, -0.2) is 12.6 Å². The lowest BCUT2D eigenvalue weighted by Gasteiger charge is -2.23. The van der Waals surface area contributed by atoms with Crippen molar-refractivity contribution in [2.24, 2.45) is 11.3 Å². The summed E-state index contributed by atoms with van der Waals surface area (Å²) >= 11 is 0. The quantitative estimate of drug-likeness (QED) is 0.657. The van der Waals surface area contributed by atoms with E-state index in [1.807, 2.05) is 0 Å². The lowest BCUT2D eigenvalue weighted by molar-refractivity contribution is 0.318. The third-order valence-electron chi connectivity index (χ3n) is 3.91. The topological polar surface area (TPSA) is 12.0 Å². The zero-order valence-electron chi connectivity index (χ0n) is 10.4. The van der Waals surface area contributed by atoms with Crippen molar-refractivity contribution in [3.05, 3.63) is 0 Å². The number of nitrogens with one attached hydrogen (secondary N) is 1. The van der Waals surface area contributed by atoms with Crippen molar-refractivity contribution >= 4 is 0 Å². The van der Waals surface area contributed by atoms with Gasteiger partial charge in [-0.1, -0.05) is 33.6 Å². The van der Waals surface area contributed by atoms with E-state index in [4.69, 9.17) is 0 Å². The highest BCUT2D eigenvalue weighted by atomic mass is 14.9. The molecule has 0 amide bonds. The largest absolute Gasteiger partial charge is 0.314 e. The van der Waals surface area contributed by atoms with Crippen molar-refractivity contribution in [1.29, 1.82) is 0 Å². The average Bonchev–Trinajstić information content (AvgIpc) is 2.92. The smallest absolute Gasteiger partial charge is 0.00389 e. The van der Waals surface area contributed by atoms with Gasteiger partial charge >= 0.3 is 0 Å². The summed E-state index contributed by atoms with van der Waals surface area (Å²) in [5.74, 6) is 0.855. The molecule has 0 heterocycles. The van der Waals surface area contributed by atoms with Gasteiger partial charge in [0.1, 0.15) is 0 Å². The molecule has 1 nitrogen and oxygen atoms in total. The van der Waals surface area contributed by atoms with Gasteiger partial charge in [0.05, 0.1) is 0 Å². The molecule has 1 unspecified atom stereocenters. The first-order valence-corrected chi connectivity index (χ1v) is 6.34. The molecule has 1 atom stereocenters. The molecular weight excluding hydrogens is 170 g/mol. The fourth-order valence-corrected chi connectivity index (χ4v) is 2.11. The predicted molar refractivity (Wildman–Crippen MR) is 63.5 cm³/mol. The second kappa shape index (κ2) is 5.16. The first kappa shape index (κ1) is 12.0. The highest BCUT2D eigenvalue weighted by molar-refractivity contribution is 4.97. The Bertz CT molecular complexity index is 159. The lowest BCUT2D eigenvalue weighted by atomic mass is 9.92. The van der Waals surface area contributed by atoms with Crippen LogP contribution in [0.4, 0.5) is 0 Å². The van der Waals surface area contributed by atoms with Crippen molar-refractivity contribution in [2.75, 3.05) is 6.54 Å². The second-order valence-electron chi connectivity index (χ2n) is 5.44. The first-order valence-electron chi connectivity index (χ1n) is 6.34. The van der Waals surface area contributed by atoms with E-state index < -0.39 is 0 Å². The van der Waals surface area contributed by atoms with E-state index in [2.05, 4.69) is 33.0 Å². The summed E-state index contributed by atoms with van der Waals surface area (Å²) in [6.45, 7) is 10.6. The molecule has 0 bridgehead atoms. The van der Waals surface area contributed by atoms with E-state index in [-0.39, 0.29) is 0 Å². The van der Waals surface area contributed by atoms with Gasteiger partial charge in [-0.05, 0) is 37.5 Å². The Morgan fingerprint density at radius 1 is 1.21 bits per heavy atom. The molecular formula is C13H27N. The van der Waals surface area contributed by atoms with Crippen molar-refractivity contribution in [2.45, 2.75) is 65.8 Å². The zero-order chi connectivity index (χ0) is 10.6. The minimum absolute atomic E-state index is 0.667. The van der Waals surface area contributed by atoms with Gasteiger partial charge in [0.2, 0.25) is 0 Å². The summed E-state index contributed by atoms with van der Waals surface area (Å²) < 4.78 is 0. The summed E-state index contributed by atoms with van der Waals surface area (Å²) in [5, 5.41) is 3.70. The van der Waals surface area contributed by atoms with Crippen LogP contribution in [0.2, 0.25) is 0 Å². The van der Waals surface area contributed by atoms with Crippen LogP contribution in [0.3, 0.4) is 0 Å². The lowest BCUT2D eigenvalue weighted by Crippen LogP contribution is -2.34. The number of rotatable bonds is 7. The van der Waals surface area contributed by atoms with Crippen molar-refractivity contribution < 1.29 is 0 Å². The molecule has 0 spiro atoms. The van der Waals surface area contributed by atoms with E-state index in [1.165, 1.54) is 38.6 Å². The van der Waals surface area contributed by atoms with Gasteiger partial charge < -0.3 is 5.32 Å². The third kappa shape index (κ3) is 3.27. The maximum Gasteiger partial charge on any atom is 0.00389 e. The van der Waals surface area contributed by atoms with Crippen LogP contribution in [0, 0.1) is 11.3 Å². The van der Waals surface area contributed by atoms with Crippen molar-refractivity contribution in [1.82, 2.24) is 5.32 Å². The van der Waals surface area contributed by atoms with Gasteiger partial charge in [-0.25, -0.2) is 0 Å². The molecule has 0 aromatic carbocycles. The van der Waals surface area contributed by atoms with E-state index >= 15 is 0 Å². The Morgan fingerprint density at radius 2 is 1.86 bits per heavy atom. The van der Waals surface area contributed by atoms with Gasteiger partial charge in [0.15, 0.2) is 0 Å². The SMILES string of the molecule is CCCCC(C)NCC1(C(C)C)CC1. The molecule has 0 saturated heterocycles. The minimum Gasteiger partial charge on any atom is -0.314 e. The molecule has 0 radical (unpaired) electrons. The van der Waals surface area contributed by atoms with Crippen LogP contribution in [0.25, 0.3) is 0 Å². The first-order chi connectivity index (χ1) is 6.60. The van der Waals surface area contributed by atoms with Gasteiger partial charge in [-0.15, -0.1) is 0 Å². The molecule has 1 aliphatic rings. The standard InChI is InChI=1S/C13H27N/c1-5-6-7-12(4)14-10-13(8-9-13)11(2)3/h11-12,14H,5-10H2,1-4H3. The zero-order valence-corrected chi connectivity index (χ0v) is 10.4. The number of unbranched alkanes of at least 4 members (excludes halogenated alkanes) is 1. The molecule has 1 aliphatic carbocycles. The van der Waals surface area contributed by atoms with Gasteiger partial charge in [0, 0.05) is 12.6 Å². The predicted octanol–water partition coefficient (Wildman–Crippen LogP) is 3.59. The van der Waals surface area contributed by atoms with E-state index in [9.17, 15) is 0 Å². The number of hydrogen-bond acceptors (Lipinski definition) is 1. The Balaban J connectivity index is 2.13. The summed E-state index contributed by atoms with van der Waals surface area (Å²) in [4.78, 5) is 0. The Morgan fingerprint density at radius 3 is 2.29 bits per heavy atom. The fraction of sp³-hybridized carbons (Fsp3) is 1.00. The van der Waals surface area contributed by atoms with Gasteiger partial charge in [-0.2, -0.15) is 0 Å². The van der Waals surface area contributed by atoms with Crippen LogP contribution in [-0.2, 0) is 0 Å². The summed E-state index contributed by atoms with van der Waals surface area (Å²) in [5.41, 5.74) is 0.667. The number of hydrogen-bond donors (Lipinski definition) is 1. The molecule has 1 rings (SSSR count). The maximum absolute atomic E-state index is 3.70. The molecule has 1 N–H and O–H groups in total. The van der Waals surface area contributed by atoms with E-state index in [0.29, 0.717) is 11.5 Å². The molecule has 1 heteroatoms. The van der Waals surface area contributed by atoms with Crippen LogP contribution in [0.5, 0.6) is 0 Å². The summed E-state index contributed by atoms with van der Waals surface area (Å²) in [6.07, 6.45) is 6.91. The van der Waals surface area contributed by atoms with Gasteiger partial charge in [-0.3, -0.25) is 0 Å². The Labute approximate surface area is 89.7 Å². The molecule has 14 heavy (non-hydrogen) atoms. The molecule has 0 aliphatic heterocycles. The molecule has 1 saturated carbocycles. The monoisotopic (exact) mass is 197 g/mol. The van der Waals surface area contributed by atoms with E-state index in [1.54, 1.807) is 0 Å². The van der Waals surface area contributed by atoms with Crippen molar-refractivity contribution in [3.63, 3.8) is 0 Å². The van der Waals surface area contributed by atoms with Crippen molar-refractivity contribution in [3.8, 4) is 0 Å². The summed E-state index contributed by atoms with van der Waals surface area (Å²) in [7, 11) is 0. The Hall–Kier alpha value is -0.0400. The maximum atomic E-state index is 3.70. The highest BCUT2D eigenvalue weighted by Crippen LogP contribution is 2.51. The molecule has 84 valence electrons. The molecule has 0 aromatic rings. The van der Waals surface area contributed by atoms with Crippen LogP contribution < -0.4 is 5.32 Å². The van der Waals surface area contributed by atoms with Crippen LogP contribution >= 0.6 is 0 Å². The second-order valence-corrected chi connectivity index (χ2v) is 5.44. The Kier molecular flexibility index (Phi) is 4.43.